The summed E-state index contributed by atoms with van der Waals surface area (Å²) in [6, 6.07) is 8.85. The minimum atomic E-state index is 0.118. The lowest BCUT2D eigenvalue weighted by molar-refractivity contribution is 0.408. The number of rotatable bonds is 4. The molecule has 0 radical (unpaired) electrons. The molecule has 0 saturated heterocycles. The van der Waals surface area contributed by atoms with Gasteiger partial charge in [-0.05, 0) is 24.3 Å². The van der Waals surface area contributed by atoms with E-state index in [0.29, 0.717) is 33.6 Å². The van der Waals surface area contributed by atoms with Gasteiger partial charge in [-0.1, -0.05) is 0 Å². The molecule has 25 heavy (non-hydrogen) atoms. The van der Waals surface area contributed by atoms with Crippen LogP contribution in [0.1, 0.15) is 0 Å². The average molecular weight is 351 g/mol. The van der Waals surface area contributed by atoms with Crippen molar-refractivity contribution in [2.24, 2.45) is 0 Å². The van der Waals surface area contributed by atoms with Gasteiger partial charge in [0, 0.05) is 23.2 Å². The molecule has 0 unspecified atom stereocenters. The van der Waals surface area contributed by atoms with Gasteiger partial charge in [0.2, 0.25) is 0 Å². The fourth-order valence-electron chi connectivity index (χ4n) is 2.41. The number of methoxy groups -OCH3 is 1. The van der Waals surface area contributed by atoms with Crippen molar-refractivity contribution in [2.45, 2.75) is 0 Å². The van der Waals surface area contributed by atoms with E-state index in [4.69, 9.17) is 4.74 Å². The third-order valence-corrected chi connectivity index (χ3v) is 4.38. The molecule has 0 saturated carbocycles. The van der Waals surface area contributed by atoms with E-state index in [2.05, 4.69) is 25.3 Å². The highest BCUT2D eigenvalue weighted by Gasteiger charge is 2.12. The van der Waals surface area contributed by atoms with Crippen LogP contribution in [0.2, 0.25) is 0 Å². The van der Waals surface area contributed by atoms with E-state index < -0.39 is 0 Å². The van der Waals surface area contributed by atoms with Crippen molar-refractivity contribution in [3.05, 3.63) is 48.2 Å². The van der Waals surface area contributed by atoms with Gasteiger partial charge in [0.15, 0.2) is 10.8 Å². The SMILES string of the molecule is COc1ccc(-c2csc(Nc3ncnc4ncccc34)n2)c(O)c1. The molecule has 1 aromatic carbocycles. The minimum absolute atomic E-state index is 0.118. The molecule has 3 aromatic heterocycles. The first kappa shape index (κ1) is 15.3. The number of fused-ring (bicyclic) bond motifs is 1. The predicted molar refractivity (Wildman–Crippen MR) is 96.4 cm³/mol. The lowest BCUT2D eigenvalue weighted by Gasteiger charge is -2.05. The Morgan fingerprint density at radius 3 is 2.92 bits per heavy atom. The highest BCUT2D eigenvalue weighted by atomic mass is 32.1. The van der Waals surface area contributed by atoms with Gasteiger partial charge in [0.05, 0.1) is 18.2 Å². The Morgan fingerprint density at radius 2 is 2.08 bits per heavy atom. The maximum atomic E-state index is 10.2. The van der Waals surface area contributed by atoms with E-state index >= 15 is 0 Å². The number of phenols is 1. The first-order valence-corrected chi connectivity index (χ1v) is 8.28. The molecule has 0 atom stereocenters. The second-order valence-electron chi connectivity index (χ2n) is 5.14. The molecule has 124 valence electrons. The van der Waals surface area contributed by atoms with Crippen LogP contribution in [0, 0.1) is 0 Å². The Kier molecular flexibility index (Phi) is 3.87. The third-order valence-electron chi connectivity index (χ3n) is 3.62. The molecule has 0 amide bonds. The van der Waals surface area contributed by atoms with E-state index in [1.54, 1.807) is 31.5 Å². The van der Waals surface area contributed by atoms with Crippen LogP contribution in [-0.2, 0) is 0 Å². The number of nitrogens with one attached hydrogen (secondary N) is 1. The summed E-state index contributed by atoms with van der Waals surface area (Å²) in [6.45, 7) is 0. The summed E-state index contributed by atoms with van der Waals surface area (Å²) in [7, 11) is 1.56. The van der Waals surface area contributed by atoms with Crippen LogP contribution in [0.25, 0.3) is 22.3 Å². The molecule has 4 rings (SSSR count). The Balaban J connectivity index is 1.65. The van der Waals surface area contributed by atoms with E-state index in [0.717, 1.165) is 5.39 Å². The molecule has 7 nitrogen and oxygen atoms in total. The number of hydrogen-bond donors (Lipinski definition) is 2. The quantitative estimate of drug-likeness (QED) is 0.580. The highest BCUT2D eigenvalue weighted by molar-refractivity contribution is 7.14. The Morgan fingerprint density at radius 1 is 1.16 bits per heavy atom. The largest absolute Gasteiger partial charge is 0.507 e. The molecular formula is C17H13N5O2S. The Hall–Kier alpha value is -3.26. The van der Waals surface area contributed by atoms with Gasteiger partial charge >= 0.3 is 0 Å². The van der Waals surface area contributed by atoms with Crippen molar-refractivity contribution in [3.63, 3.8) is 0 Å². The fraction of sp³-hybridized carbons (Fsp3) is 0.0588. The van der Waals surface area contributed by atoms with Crippen molar-refractivity contribution in [3.8, 4) is 22.8 Å². The van der Waals surface area contributed by atoms with Crippen molar-refractivity contribution >= 4 is 33.3 Å². The predicted octanol–water partition coefficient (Wildman–Crippen LogP) is 3.61. The third kappa shape index (κ3) is 2.94. The van der Waals surface area contributed by atoms with Crippen molar-refractivity contribution in [2.75, 3.05) is 12.4 Å². The number of ether oxygens (including phenoxy) is 1. The lowest BCUT2D eigenvalue weighted by atomic mass is 10.1. The van der Waals surface area contributed by atoms with Crippen molar-refractivity contribution in [1.29, 1.82) is 0 Å². The van der Waals surface area contributed by atoms with E-state index in [-0.39, 0.29) is 5.75 Å². The maximum absolute atomic E-state index is 10.2. The molecule has 0 aliphatic carbocycles. The number of nitrogens with zero attached hydrogens (tertiary/aromatic N) is 4. The van der Waals surface area contributed by atoms with Crippen LogP contribution in [0.3, 0.4) is 0 Å². The summed E-state index contributed by atoms with van der Waals surface area (Å²) >= 11 is 1.42. The zero-order valence-corrected chi connectivity index (χ0v) is 14.0. The topological polar surface area (TPSA) is 93.0 Å². The summed E-state index contributed by atoms with van der Waals surface area (Å²) in [6.07, 6.45) is 3.15. The molecule has 0 spiro atoms. The van der Waals surface area contributed by atoms with Gasteiger partial charge < -0.3 is 15.2 Å². The second kappa shape index (κ2) is 6.33. The summed E-state index contributed by atoms with van der Waals surface area (Å²) in [5.74, 6) is 1.35. The van der Waals surface area contributed by atoms with Crippen LogP contribution in [-0.4, -0.2) is 32.2 Å². The van der Waals surface area contributed by atoms with E-state index in [1.807, 2.05) is 17.5 Å². The number of phenolic OH excluding ortho intramolecular Hbond substituents is 1. The Labute approximate surface area is 147 Å². The molecule has 0 fully saturated rings. The number of pyridine rings is 1. The number of benzene rings is 1. The fourth-order valence-corrected chi connectivity index (χ4v) is 3.12. The van der Waals surface area contributed by atoms with Crippen LogP contribution >= 0.6 is 11.3 Å². The van der Waals surface area contributed by atoms with Crippen molar-refractivity contribution < 1.29 is 9.84 Å². The summed E-state index contributed by atoms with van der Waals surface area (Å²) < 4.78 is 5.10. The van der Waals surface area contributed by atoms with E-state index in [1.165, 1.54) is 17.7 Å². The van der Waals surface area contributed by atoms with Crippen LogP contribution < -0.4 is 10.1 Å². The van der Waals surface area contributed by atoms with Gasteiger partial charge in [0.1, 0.15) is 23.6 Å². The first-order chi connectivity index (χ1) is 12.2. The molecule has 3 heterocycles. The molecular weight excluding hydrogens is 338 g/mol. The van der Waals surface area contributed by atoms with Crippen molar-refractivity contribution in [1.82, 2.24) is 19.9 Å². The average Bonchev–Trinajstić information content (AvgIpc) is 3.10. The molecule has 4 aromatic rings. The minimum Gasteiger partial charge on any atom is -0.507 e. The standard InChI is InChI=1S/C17H13N5O2S/c1-24-10-4-5-11(14(23)7-10)13-8-25-17(21-13)22-16-12-3-2-6-18-15(12)19-9-20-16/h2-9,23H,1H3,(H,18,19,20,21,22). The first-order valence-electron chi connectivity index (χ1n) is 7.40. The number of aromatic hydroxyl groups is 1. The maximum Gasteiger partial charge on any atom is 0.188 e. The van der Waals surface area contributed by atoms with Gasteiger partial charge in [0.25, 0.3) is 0 Å². The molecule has 8 heteroatoms. The smallest absolute Gasteiger partial charge is 0.188 e. The van der Waals surface area contributed by atoms with Gasteiger partial charge in [-0.3, -0.25) is 0 Å². The van der Waals surface area contributed by atoms with Crippen LogP contribution in [0.15, 0.2) is 48.2 Å². The zero-order chi connectivity index (χ0) is 17.2. The monoisotopic (exact) mass is 351 g/mol. The second-order valence-corrected chi connectivity index (χ2v) is 6.00. The lowest BCUT2D eigenvalue weighted by Crippen LogP contribution is -1.96. The Bertz CT molecular complexity index is 1040. The summed E-state index contributed by atoms with van der Waals surface area (Å²) in [5, 5.41) is 16.7. The number of thiazole rings is 1. The number of hydrogen-bond acceptors (Lipinski definition) is 8. The number of aromatic nitrogens is 4. The van der Waals surface area contributed by atoms with E-state index in [9.17, 15) is 5.11 Å². The normalized spacial score (nSPS) is 10.8. The zero-order valence-electron chi connectivity index (χ0n) is 13.2. The van der Waals surface area contributed by atoms with Gasteiger partial charge in [-0.25, -0.2) is 19.9 Å². The highest BCUT2D eigenvalue weighted by Crippen LogP contribution is 2.35. The van der Waals surface area contributed by atoms with Crippen LogP contribution in [0.5, 0.6) is 11.5 Å². The molecule has 0 aliphatic rings. The molecule has 0 bridgehead atoms. The molecule has 0 aliphatic heterocycles. The van der Waals surface area contributed by atoms with Crippen LogP contribution in [0.4, 0.5) is 10.9 Å². The number of anilines is 2. The molecule has 2 N–H and O–H groups in total. The van der Waals surface area contributed by atoms with Gasteiger partial charge in [-0.15, -0.1) is 11.3 Å². The summed E-state index contributed by atoms with van der Waals surface area (Å²) in [4.78, 5) is 17.1. The summed E-state index contributed by atoms with van der Waals surface area (Å²) in [5.41, 5.74) is 1.92. The van der Waals surface area contributed by atoms with Gasteiger partial charge in [-0.2, -0.15) is 0 Å².